The molecule has 88 valence electrons. The van der Waals surface area contributed by atoms with Crippen LogP contribution in [0.4, 0.5) is 0 Å². The van der Waals surface area contributed by atoms with Crippen molar-refractivity contribution in [3.63, 3.8) is 0 Å². The third-order valence-corrected chi connectivity index (χ3v) is 4.40. The molecule has 2 heterocycles. The molecule has 0 amide bonds. The molecule has 0 fully saturated rings. The van der Waals surface area contributed by atoms with Gasteiger partial charge in [-0.3, -0.25) is 4.99 Å². The summed E-state index contributed by atoms with van der Waals surface area (Å²) in [6.45, 7) is 2.06. The minimum absolute atomic E-state index is 0.973. The molecule has 17 heavy (non-hydrogen) atoms. The number of halogens is 1. The van der Waals surface area contributed by atoms with Gasteiger partial charge < -0.3 is 4.90 Å². The van der Waals surface area contributed by atoms with Gasteiger partial charge in [0.25, 0.3) is 0 Å². The van der Waals surface area contributed by atoms with E-state index in [1.54, 1.807) is 11.8 Å². The SMILES string of the molecule is Brc1ccc(C2=CSC3=NCCCCN23)cc1. The Hall–Kier alpha value is -0.740. The number of fused-ring (bicyclic) bond motifs is 1. The second-order valence-electron chi connectivity index (χ2n) is 4.15. The molecular formula is C13H13BrN2S. The highest BCUT2D eigenvalue weighted by atomic mass is 79.9. The van der Waals surface area contributed by atoms with Crippen molar-refractivity contribution >= 4 is 38.6 Å². The van der Waals surface area contributed by atoms with E-state index in [2.05, 4.69) is 55.5 Å². The molecule has 2 aliphatic rings. The van der Waals surface area contributed by atoms with Crippen LogP contribution in [0, 0.1) is 0 Å². The van der Waals surface area contributed by atoms with Crippen LogP contribution in [-0.2, 0) is 0 Å². The number of amidine groups is 1. The van der Waals surface area contributed by atoms with Crippen LogP contribution in [0.15, 0.2) is 39.1 Å². The van der Waals surface area contributed by atoms with E-state index in [-0.39, 0.29) is 0 Å². The van der Waals surface area contributed by atoms with Crippen LogP contribution in [0.1, 0.15) is 18.4 Å². The summed E-state index contributed by atoms with van der Waals surface area (Å²) in [6, 6.07) is 8.50. The summed E-state index contributed by atoms with van der Waals surface area (Å²) < 4.78 is 1.12. The van der Waals surface area contributed by atoms with Gasteiger partial charge in [-0.15, -0.1) is 0 Å². The fraction of sp³-hybridized carbons (Fsp3) is 0.308. The van der Waals surface area contributed by atoms with Gasteiger partial charge in [0, 0.05) is 23.0 Å². The smallest absolute Gasteiger partial charge is 0.168 e. The average molecular weight is 309 g/mol. The van der Waals surface area contributed by atoms with Crippen molar-refractivity contribution in [2.45, 2.75) is 12.8 Å². The molecule has 0 radical (unpaired) electrons. The Morgan fingerprint density at radius 2 is 2.00 bits per heavy atom. The standard InChI is InChI=1S/C13H13BrN2S/c14-11-5-3-10(4-6-11)12-9-17-13-15-7-1-2-8-16(12)13/h3-6,9H,1-2,7-8H2. The first-order valence-electron chi connectivity index (χ1n) is 5.79. The highest BCUT2D eigenvalue weighted by Gasteiger charge is 2.24. The third kappa shape index (κ3) is 2.29. The average Bonchev–Trinajstić information content (AvgIpc) is 2.60. The van der Waals surface area contributed by atoms with Crippen molar-refractivity contribution in [1.29, 1.82) is 0 Å². The van der Waals surface area contributed by atoms with Crippen LogP contribution in [0.25, 0.3) is 5.70 Å². The van der Waals surface area contributed by atoms with Crippen LogP contribution >= 0.6 is 27.7 Å². The van der Waals surface area contributed by atoms with E-state index < -0.39 is 0 Å². The molecule has 2 aliphatic heterocycles. The van der Waals surface area contributed by atoms with Gasteiger partial charge >= 0.3 is 0 Å². The van der Waals surface area contributed by atoms with E-state index in [4.69, 9.17) is 0 Å². The van der Waals surface area contributed by atoms with Crippen LogP contribution in [-0.4, -0.2) is 23.2 Å². The van der Waals surface area contributed by atoms with E-state index in [9.17, 15) is 0 Å². The molecule has 0 saturated heterocycles. The second kappa shape index (κ2) is 4.86. The number of rotatable bonds is 1. The van der Waals surface area contributed by atoms with Gasteiger partial charge in [0.1, 0.15) is 0 Å². The zero-order valence-corrected chi connectivity index (χ0v) is 11.8. The van der Waals surface area contributed by atoms with Crippen LogP contribution in [0.2, 0.25) is 0 Å². The first-order chi connectivity index (χ1) is 8.34. The maximum atomic E-state index is 4.62. The van der Waals surface area contributed by atoms with Crippen molar-refractivity contribution in [2.24, 2.45) is 4.99 Å². The molecule has 0 N–H and O–H groups in total. The zero-order valence-electron chi connectivity index (χ0n) is 9.40. The Bertz CT molecular complexity index is 479. The van der Waals surface area contributed by atoms with Crippen molar-refractivity contribution in [1.82, 2.24) is 4.90 Å². The number of aliphatic imine (C=N–C) groups is 1. The third-order valence-electron chi connectivity index (χ3n) is 2.97. The minimum atomic E-state index is 0.973. The molecule has 3 rings (SSSR count). The van der Waals surface area contributed by atoms with Crippen molar-refractivity contribution < 1.29 is 0 Å². The summed E-state index contributed by atoms with van der Waals surface area (Å²) >= 11 is 5.22. The molecular weight excluding hydrogens is 296 g/mol. The van der Waals surface area contributed by atoms with Gasteiger partial charge in [-0.05, 0) is 30.5 Å². The van der Waals surface area contributed by atoms with Crippen LogP contribution in [0.3, 0.4) is 0 Å². The molecule has 0 saturated carbocycles. The number of thioether (sulfide) groups is 1. The number of nitrogens with zero attached hydrogens (tertiary/aromatic N) is 2. The number of benzene rings is 1. The molecule has 0 aliphatic carbocycles. The summed E-state index contributed by atoms with van der Waals surface area (Å²) in [5.74, 6) is 0. The van der Waals surface area contributed by atoms with Crippen LogP contribution in [0.5, 0.6) is 0 Å². The fourth-order valence-electron chi connectivity index (χ4n) is 2.08. The summed E-state index contributed by atoms with van der Waals surface area (Å²) in [6.07, 6.45) is 2.43. The lowest BCUT2D eigenvalue weighted by Gasteiger charge is -2.20. The Kier molecular flexibility index (Phi) is 3.25. The van der Waals surface area contributed by atoms with Crippen molar-refractivity contribution in [3.05, 3.63) is 39.7 Å². The summed E-state index contributed by atoms with van der Waals surface area (Å²) in [5.41, 5.74) is 2.57. The molecule has 4 heteroatoms. The van der Waals surface area contributed by atoms with Gasteiger partial charge in [0.05, 0.1) is 5.70 Å². The lowest BCUT2D eigenvalue weighted by atomic mass is 10.1. The topological polar surface area (TPSA) is 15.6 Å². The van der Waals surface area contributed by atoms with E-state index in [0.29, 0.717) is 0 Å². The predicted octanol–water partition coefficient (Wildman–Crippen LogP) is 3.95. The minimum Gasteiger partial charge on any atom is -0.320 e. The summed E-state index contributed by atoms with van der Waals surface area (Å²) in [7, 11) is 0. The van der Waals surface area contributed by atoms with Crippen LogP contribution < -0.4 is 0 Å². The Labute approximate surface area is 114 Å². The van der Waals surface area contributed by atoms with Gasteiger partial charge in [-0.2, -0.15) is 0 Å². The zero-order chi connectivity index (χ0) is 11.7. The molecule has 0 bridgehead atoms. The first kappa shape index (κ1) is 11.4. The van der Waals surface area contributed by atoms with Gasteiger partial charge in [-0.25, -0.2) is 0 Å². The molecule has 0 atom stereocenters. The summed E-state index contributed by atoms with van der Waals surface area (Å²) in [4.78, 5) is 6.97. The lowest BCUT2D eigenvalue weighted by Crippen LogP contribution is -2.23. The monoisotopic (exact) mass is 308 g/mol. The predicted molar refractivity (Wildman–Crippen MR) is 78.0 cm³/mol. The Morgan fingerprint density at radius 1 is 1.18 bits per heavy atom. The Morgan fingerprint density at radius 3 is 2.82 bits per heavy atom. The molecule has 0 spiro atoms. The normalized spacial score (nSPS) is 19.5. The molecule has 1 aromatic rings. The van der Waals surface area contributed by atoms with E-state index in [0.717, 1.165) is 17.6 Å². The van der Waals surface area contributed by atoms with Crippen molar-refractivity contribution in [2.75, 3.05) is 13.1 Å². The number of hydrogen-bond acceptors (Lipinski definition) is 3. The molecule has 0 aromatic heterocycles. The number of hydrogen-bond donors (Lipinski definition) is 0. The first-order valence-corrected chi connectivity index (χ1v) is 7.46. The highest BCUT2D eigenvalue weighted by molar-refractivity contribution is 9.10. The highest BCUT2D eigenvalue weighted by Crippen LogP contribution is 2.34. The quantitative estimate of drug-likeness (QED) is 0.781. The largest absolute Gasteiger partial charge is 0.320 e. The second-order valence-corrected chi connectivity index (χ2v) is 5.90. The lowest BCUT2D eigenvalue weighted by molar-refractivity contribution is 0.571. The van der Waals surface area contributed by atoms with E-state index in [1.165, 1.54) is 29.3 Å². The fourth-order valence-corrected chi connectivity index (χ4v) is 3.31. The van der Waals surface area contributed by atoms with Gasteiger partial charge in [0.15, 0.2) is 5.17 Å². The maximum Gasteiger partial charge on any atom is 0.168 e. The maximum absolute atomic E-state index is 4.62. The molecule has 1 aromatic carbocycles. The van der Waals surface area contributed by atoms with E-state index in [1.807, 2.05) is 0 Å². The van der Waals surface area contributed by atoms with Gasteiger partial charge in [0.2, 0.25) is 0 Å². The van der Waals surface area contributed by atoms with Gasteiger partial charge in [-0.1, -0.05) is 39.8 Å². The van der Waals surface area contributed by atoms with Crippen molar-refractivity contribution in [3.8, 4) is 0 Å². The van der Waals surface area contributed by atoms with E-state index >= 15 is 0 Å². The molecule has 2 nitrogen and oxygen atoms in total. The molecule has 0 unspecified atom stereocenters. The Balaban J connectivity index is 1.91. The summed E-state index contributed by atoms with van der Waals surface area (Å²) in [5, 5.41) is 3.38.